The normalized spacial score (nSPS) is 14.6. The molecule has 0 spiro atoms. The van der Waals surface area contributed by atoms with Crippen LogP contribution in [0.2, 0.25) is 0 Å². The molecule has 2 atom stereocenters. The summed E-state index contributed by atoms with van der Waals surface area (Å²) in [6, 6.07) is 7.46. The minimum absolute atomic E-state index is 0.487. The van der Waals surface area contributed by atoms with Crippen LogP contribution in [0.25, 0.3) is 0 Å². The molecule has 0 radical (unpaired) electrons. The Morgan fingerprint density at radius 3 is 2.29 bits per heavy atom. The van der Waals surface area contributed by atoms with Gasteiger partial charge in [-0.2, -0.15) is 0 Å². The lowest BCUT2D eigenvalue weighted by atomic mass is 9.87. The van der Waals surface area contributed by atoms with E-state index in [4.69, 9.17) is 0 Å². The number of benzene rings is 1. The first-order valence-electron chi connectivity index (χ1n) is 6.96. The van der Waals surface area contributed by atoms with Crippen LogP contribution in [0.15, 0.2) is 18.2 Å². The Balaban J connectivity index is 3.14. The van der Waals surface area contributed by atoms with Crippen molar-refractivity contribution >= 4 is 0 Å². The maximum atomic E-state index is 3.50. The van der Waals surface area contributed by atoms with Crippen LogP contribution in [-0.4, -0.2) is 7.05 Å². The van der Waals surface area contributed by atoms with Crippen molar-refractivity contribution in [3.05, 3.63) is 34.9 Å². The number of aryl methyl sites for hydroxylation is 2. The highest BCUT2D eigenvalue weighted by molar-refractivity contribution is 5.35. The predicted molar refractivity (Wildman–Crippen MR) is 76.5 cm³/mol. The lowest BCUT2D eigenvalue weighted by Gasteiger charge is -2.26. The van der Waals surface area contributed by atoms with Gasteiger partial charge >= 0.3 is 0 Å². The third kappa shape index (κ3) is 3.32. The van der Waals surface area contributed by atoms with Gasteiger partial charge in [-0.25, -0.2) is 0 Å². The number of nitrogens with one attached hydrogen (secondary N) is 1. The van der Waals surface area contributed by atoms with Crippen molar-refractivity contribution in [1.82, 2.24) is 5.32 Å². The fraction of sp³-hybridized carbons (Fsp3) is 0.625. The Morgan fingerprint density at radius 1 is 1.12 bits per heavy atom. The van der Waals surface area contributed by atoms with E-state index in [-0.39, 0.29) is 0 Å². The van der Waals surface area contributed by atoms with E-state index in [0.29, 0.717) is 12.0 Å². The molecule has 0 aromatic heterocycles. The average molecular weight is 233 g/mol. The maximum absolute atomic E-state index is 3.50. The largest absolute Gasteiger partial charge is 0.313 e. The monoisotopic (exact) mass is 233 g/mol. The Morgan fingerprint density at radius 2 is 1.82 bits per heavy atom. The second-order valence-corrected chi connectivity index (χ2v) is 4.89. The minimum Gasteiger partial charge on any atom is -0.313 e. The lowest BCUT2D eigenvalue weighted by molar-refractivity contribution is 0.398. The molecule has 1 heteroatoms. The van der Waals surface area contributed by atoms with Crippen LogP contribution in [0.1, 0.15) is 56.8 Å². The summed E-state index contributed by atoms with van der Waals surface area (Å²) in [5.74, 6) is 0.678. The molecule has 1 aromatic rings. The SMILES string of the molecule is CCc1ccc(CC)c(C(NC)C(C)CC)c1. The summed E-state index contributed by atoms with van der Waals surface area (Å²) in [6.45, 7) is 9.07. The van der Waals surface area contributed by atoms with Crippen molar-refractivity contribution in [2.24, 2.45) is 5.92 Å². The Hall–Kier alpha value is -0.820. The molecule has 0 saturated heterocycles. The van der Waals surface area contributed by atoms with Crippen LogP contribution in [0.5, 0.6) is 0 Å². The summed E-state index contributed by atoms with van der Waals surface area (Å²) in [5, 5.41) is 3.50. The topological polar surface area (TPSA) is 12.0 Å². The van der Waals surface area contributed by atoms with Gasteiger partial charge in [0.2, 0.25) is 0 Å². The third-order valence-corrected chi connectivity index (χ3v) is 3.86. The smallest absolute Gasteiger partial charge is 0.0346 e. The molecule has 0 bridgehead atoms. The average Bonchev–Trinajstić information content (AvgIpc) is 2.39. The Kier molecular flexibility index (Phi) is 5.70. The number of rotatable bonds is 6. The van der Waals surface area contributed by atoms with E-state index in [2.05, 4.69) is 58.3 Å². The molecular formula is C16H27N. The highest BCUT2D eigenvalue weighted by atomic mass is 14.9. The Labute approximate surface area is 107 Å². The van der Waals surface area contributed by atoms with Crippen LogP contribution in [-0.2, 0) is 12.8 Å². The van der Waals surface area contributed by atoms with Crippen molar-refractivity contribution in [3.8, 4) is 0 Å². The number of hydrogen-bond acceptors (Lipinski definition) is 1. The van der Waals surface area contributed by atoms with Crippen molar-refractivity contribution in [1.29, 1.82) is 0 Å². The van der Waals surface area contributed by atoms with E-state index in [1.54, 1.807) is 0 Å². The molecule has 0 saturated carbocycles. The Bertz CT molecular complexity index is 343. The van der Waals surface area contributed by atoms with Gasteiger partial charge in [-0.1, -0.05) is 52.3 Å². The van der Waals surface area contributed by atoms with Gasteiger partial charge < -0.3 is 5.32 Å². The summed E-state index contributed by atoms with van der Waals surface area (Å²) >= 11 is 0. The maximum Gasteiger partial charge on any atom is 0.0346 e. The first-order chi connectivity index (χ1) is 8.17. The van der Waals surface area contributed by atoms with E-state index in [0.717, 1.165) is 12.8 Å². The fourth-order valence-electron chi connectivity index (χ4n) is 2.46. The summed E-state index contributed by atoms with van der Waals surface area (Å²) < 4.78 is 0. The van der Waals surface area contributed by atoms with E-state index in [1.807, 2.05) is 0 Å². The summed E-state index contributed by atoms with van der Waals surface area (Å²) in [4.78, 5) is 0. The van der Waals surface area contributed by atoms with Crippen LogP contribution in [0.3, 0.4) is 0 Å². The van der Waals surface area contributed by atoms with Crippen LogP contribution >= 0.6 is 0 Å². The molecule has 1 nitrogen and oxygen atoms in total. The molecule has 0 amide bonds. The van der Waals surface area contributed by atoms with E-state index >= 15 is 0 Å². The van der Waals surface area contributed by atoms with E-state index < -0.39 is 0 Å². The second-order valence-electron chi connectivity index (χ2n) is 4.89. The molecule has 0 aliphatic heterocycles. The van der Waals surface area contributed by atoms with Gasteiger partial charge in [0, 0.05) is 6.04 Å². The van der Waals surface area contributed by atoms with Crippen molar-refractivity contribution < 1.29 is 0 Å². The van der Waals surface area contributed by atoms with Gasteiger partial charge in [-0.3, -0.25) is 0 Å². The van der Waals surface area contributed by atoms with Gasteiger partial charge in [0.15, 0.2) is 0 Å². The van der Waals surface area contributed by atoms with Crippen molar-refractivity contribution in [2.75, 3.05) is 7.05 Å². The van der Waals surface area contributed by atoms with Gasteiger partial charge in [0.25, 0.3) is 0 Å². The molecule has 0 aliphatic carbocycles. The predicted octanol–water partition coefficient (Wildman–Crippen LogP) is 4.12. The van der Waals surface area contributed by atoms with Crippen molar-refractivity contribution in [3.63, 3.8) is 0 Å². The third-order valence-electron chi connectivity index (χ3n) is 3.86. The van der Waals surface area contributed by atoms with Gasteiger partial charge in [0.1, 0.15) is 0 Å². The molecule has 1 rings (SSSR count). The molecule has 96 valence electrons. The van der Waals surface area contributed by atoms with E-state index in [9.17, 15) is 0 Å². The zero-order chi connectivity index (χ0) is 12.8. The zero-order valence-corrected chi connectivity index (χ0v) is 12.0. The highest BCUT2D eigenvalue weighted by Gasteiger charge is 2.18. The number of hydrogen-bond donors (Lipinski definition) is 1. The van der Waals surface area contributed by atoms with Gasteiger partial charge in [-0.15, -0.1) is 0 Å². The fourth-order valence-corrected chi connectivity index (χ4v) is 2.46. The summed E-state index contributed by atoms with van der Waals surface area (Å²) in [6.07, 6.45) is 3.45. The highest BCUT2D eigenvalue weighted by Crippen LogP contribution is 2.28. The minimum atomic E-state index is 0.487. The van der Waals surface area contributed by atoms with Crippen LogP contribution in [0.4, 0.5) is 0 Å². The molecular weight excluding hydrogens is 206 g/mol. The van der Waals surface area contributed by atoms with E-state index in [1.165, 1.54) is 23.1 Å². The van der Waals surface area contributed by atoms with Crippen LogP contribution < -0.4 is 5.32 Å². The van der Waals surface area contributed by atoms with Crippen LogP contribution in [0, 0.1) is 5.92 Å². The van der Waals surface area contributed by atoms with Gasteiger partial charge in [0.05, 0.1) is 0 Å². The molecule has 2 unspecified atom stereocenters. The first-order valence-corrected chi connectivity index (χ1v) is 6.96. The molecule has 17 heavy (non-hydrogen) atoms. The second kappa shape index (κ2) is 6.80. The standard InChI is InChI=1S/C16H27N/c1-6-12(4)16(17-5)15-11-13(7-2)9-10-14(15)8-3/h9-12,16-17H,6-8H2,1-5H3. The molecule has 1 N–H and O–H groups in total. The zero-order valence-electron chi connectivity index (χ0n) is 12.0. The first kappa shape index (κ1) is 14.2. The summed E-state index contributed by atoms with van der Waals surface area (Å²) in [7, 11) is 2.08. The quantitative estimate of drug-likeness (QED) is 0.779. The lowest BCUT2D eigenvalue weighted by Crippen LogP contribution is -2.24. The van der Waals surface area contributed by atoms with Crippen molar-refractivity contribution in [2.45, 2.75) is 53.0 Å². The molecule has 0 aliphatic rings. The molecule has 0 fully saturated rings. The molecule has 1 aromatic carbocycles. The molecule has 0 heterocycles. The summed E-state index contributed by atoms with van der Waals surface area (Å²) in [5.41, 5.74) is 4.44. The van der Waals surface area contributed by atoms with Gasteiger partial charge in [-0.05, 0) is 42.5 Å².